The van der Waals surface area contributed by atoms with E-state index in [1.165, 1.54) is 23.3 Å². The van der Waals surface area contributed by atoms with E-state index < -0.39 is 29.0 Å². The number of nitrogens with zero attached hydrogens (tertiary/aromatic N) is 3. The molecule has 162 valence electrons. The number of halogens is 2. The highest BCUT2D eigenvalue weighted by Gasteiger charge is 2.31. The summed E-state index contributed by atoms with van der Waals surface area (Å²) in [5, 5.41) is 2.66. The van der Waals surface area contributed by atoms with E-state index in [0.717, 1.165) is 18.0 Å². The van der Waals surface area contributed by atoms with Gasteiger partial charge in [-0.05, 0) is 54.5 Å². The molecule has 0 radical (unpaired) electrons. The van der Waals surface area contributed by atoms with Crippen molar-refractivity contribution in [3.63, 3.8) is 0 Å². The second-order valence-electron chi connectivity index (χ2n) is 8.50. The van der Waals surface area contributed by atoms with Crippen LogP contribution in [0.3, 0.4) is 0 Å². The molecule has 6 nitrogen and oxygen atoms in total. The van der Waals surface area contributed by atoms with Crippen molar-refractivity contribution in [1.82, 2.24) is 15.2 Å². The molecular formula is C23H24F2N4O2. The van der Waals surface area contributed by atoms with E-state index in [1.807, 2.05) is 12.3 Å². The van der Waals surface area contributed by atoms with Crippen LogP contribution < -0.4 is 10.2 Å². The van der Waals surface area contributed by atoms with E-state index in [1.54, 1.807) is 0 Å². The van der Waals surface area contributed by atoms with Crippen LogP contribution in [0, 0.1) is 11.6 Å². The Bertz CT molecular complexity index is 992. The van der Waals surface area contributed by atoms with Gasteiger partial charge in [0.15, 0.2) is 0 Å². The maximum Gasteiger partial charge on any atom is 0.259 e. The van der Waals surface area contributed by atoms with Crippen LogP contribution in [-0.2, 0) is 4.79 Å². The molecule has 1 aliphatic carbocycles. The first-order valence-corrected chi connectivity index (χ1v) is 10.8. The second-order valence-corrected chi connectivity index (χ2v) is 8.50. The molecule has 5 rings (SSSR count). The number of rotatable bonds is 4. The molecule has 31 heavy (non-hydrogen) atoms. The molecule has 3 aliphatic rings. The van der Waals surface area contributed by atoms with Crippen LogP contribution in [-0.4, -0.2) is 54.4 Å². The van der Waals surface area contributed by atoms with Gasteiger partial charge in [-0.15, -0.1) is 0 Å². The van der Waals surface area contributed by atoms with Crippen molar-refractivity contribution in [3.8, 4) is 0 Å². The molecule has 8 heteroatoms. The number of anilines is 1. The number of hydrogen-bond acceptors (Lipinski definition) is 4. The number of hydrogen-bond donors (Lipinski definition) is 1. The summed E-state index contributed by atoms with van der Waals surface area (Å²) in [5.41, 5.74) is 0.983. The van der Waals surface area contributed by atoms with Crippen LogP contribution in [0.4, 0.5) is 14.6 Å². The zero-order valence-electron chi connectivity index (χ0n) is 17.1. The average Bonchev–Trinajstić information content (AvgIpc) is 3.54. The van der Waals surface area contributed by atoms with Crippen LogP contribution >= 0.6 is 0 Å². The third-order valence-electron chi connectivity index (χ3n) is 6.44. The van der Waals surface area contributed by atoms with Gasteiger partial charge < -0.3 is 15.1 Å². The fourth-order valence-corrected chi connectivity index (χ4v) is 4.45. The number of amides is 2. The zero-order valence-corrected chi connectivity index (χ0v) is 17.1. The number of carbonyl (C=O) groups excluding carboxylic acids is 2. The van der Waals surface area contributed by atoms with E-state index in [2.05, 4.69) is 21.3 Å². The first-order chi connectivity index (χ1) is 15.0. The molecule has 3 fully saturated rings. The lowest BCUT2D eigenvalue weighted by atomic mass is 9.95. The van der Waals surface area contributed by atoms with Gasteiger partial charge in [0.25, 0.3) is 5.91 Å². The van der Waals surface area contributed by atoms with E-state index in [4.69, 9.17) is 0 Å². The highest BCUT2D eigenvalue weighted by Crippen LogP contribution is 2.40. The number of carbonyl (C=O) groups is 2. The van der Waals surface area contributed by atoms with E-state index in [-0.39, 0.29) is 11.5 Å². The Labute approximate surface area is 179 Å². The van der Waals surface area contributed by atoms with Crippen molar-refractivity contribution < 1.29 is 18.4 Å². The Morgan fingerprint density at radius 3 is 2.26 bits per heavy atom. The Kier molecular flexibility index (Phi) is 5.08. The number of nitrogens with one attached hydrogen (secondary N) is 1. The van der Waals surface area contributed by atoms with Crippen molar-refractivity contribution in [2.24, 2.45) is 0 Å². The molecule has 2 aromatic rings. The quantitative estimate of drug-likeness (QED) is 0.817. The predicted octanol–water partition coefficient (Wildman–Crippen LogP) is 2.80. The fourth-order valence-electron chi connectivity index (χ4n) is 4.45. The van der Waals surface area contributed by atoms with Gasteiger partial charge in [0, 0.05) is 38.9 Å². The minimum Gasteiger partial charge on any atom is -0.356 e. The smallest absolute Gasteiger partial charge is 0.259 e. The zero-order chi connectivity index (χ0) is 21.5. The summed E-state index contributed by atoms with van der Waals surface area (Å²) in [6, 6.07) is 6.34. The van der Waals surface area contributed by atoms with E-state index in [9.17, 15) is 18.4 Å². The van der Waals surface area contributed by atoms with Crippen LogP contribution in [0.25, 0.3) is 0 Å². The van der Waals surface area contributed by atoms with Crippen LogP contribution in [0.2, 0.25) is 0 Å². The van der Waals surface area contributed by atoms with Crippen molar-refractivity contribution >= 4 is 17.6 Å². The first kappa shape index (κ1) is 19.9. The molecule has 1 aromatic carbocycles. The average molecular weight is 426 g/mol. The van der Waals surface area contributed by atoms with Crippen molar-refractivity contribution in [1.29, 1.82) is 0 Å². The Hall–Kier alpha value is -3.03. The monoisotopic (exact) mass is 426 g/mol. The summed E-state index contributed by atoms with van der Waals surface area (Å²) in [6.45, 7) is 2.29. The van der Waals surface area contributed by atoms with Gasteiger partial charge >= 0.3 is 0 Å². The van der Waals surface area contributed by atoms with Gasteiger partial charge in [0.1, 0.15) is 23.0 Å². The molecule has 1 atom stereocenters. The highest BCUT2D eigenvalue weighted by molar-refractivity contribution is 5.95. The van der Waals surface area contributed by atoms with Crippen LogP contribution in [0.5, 0.6) is 0 Å². The molecular weight excluding hydrogens is 402 g/mol. The minimum atomic E-state index is -0.917. The summed E-state index contributed by atoms with van der Waals surface area (Å²) < 4.78 is 29.4. The maximum absolute atomic E-state index is 14.7. The van der Waals surface area contributed by atoms with E-state index in [0.29, 0.717) is 45.1 Å². The third kappa shape index (κ3) is 3.86. The SMILES string of the molecule is O=C1NCCC1c1cc(F)c(C(=O)N2CCN(c3ccc(C4CC4)cn3)CC2)c(F)c1. The van der Waals surface area contributed by atoms with Gasteiger partial charge in [0.05, 0.1) is 5.92 Å². The number of piperazine rings is 1. The predicted molar refractivity (Wildman–Crippen MR) is 111 cm³/mol. The molecule has 1 aromatic heterocycles. The van der Waals surface area contributed by atoms with Crippen LogP contribution in [0.15, 0.2) is 30.5 Å². The Morgan fingerprint density at radius 2 is 1.71 bits per heavy atom. The maximum atomic E-state index is 14.7. The summed E-state index contributed by atoms with van der Waals surface area (Å²) in [6.07, 6.45) is 4.86. The summed E-state index contributed by atoms with van der Waals surface area (Å²) >= 11 is 0. The van der Waals surface area contributed by atoms with Crippen molar-refractivity contribution in [2.75, 3.05) is 37.6 Å². The summed E-state index contributed by atoms with van der Waals surface area (Å²) in [7, 11) is 0. The van der Waals surface area contributed by atoms with Crippen LogP contribution in [0.1, 0.15) is 52.6 Å². The highest BCUT2D eigenvalue weighted by atomic mass is 19.1. The lowest BCUT2D eigenvalue weighted by molar-refractivity contribution is -0.120. The standard InChI is InChI=1S/C23H24F2N4O2/c24-18-11-16(17-5-6-26-22(17)30)12-19(25)21(18)23(31)29-9-7-28(8-10-29)20-4-3-15(13-27-20)14-1-2-14/h3-4,11-14,17H,1-2,5-10H2,(H,26,30). The molecule has 3 heterocycles. The molecule has 0 bridgehead atoms. The van der Waals surface area contributed by atoms with Crippen molar-refractivity contribution in [2.45, 2.75) is 31.1 Å². The summed E-state index contributed by atoms with van der Waals surface area (Å²) in [5.74, 6) is -1.81. The molecule has 1 saturated carbocycles. The Morgan fingerprint density at radius 1 is 1.00 bits per heavy atom. The number of benzene rings is 1. The van der Waals surface area contributed by atoms with Crippen molar-refractivity contribution in [3.05, 3.63) is 58.8 Å². The van der Waals surface area contributed by atoms with E-state index >= 15 is 0 Å². The molecule has 2 amide bonds. The molecule has 1 N–H and O–H groups in total. The number of aromatic nitrogens is 1. The van der Waals surface area contributed by atoms with Gasteiger partial charge in [-0.1, -0.05) is 6.07 Å². The lowest BCUT2D eigenvalue weighted by Gasteiger charge is -2.35. The topological polar surface area (TPSA) is 65.5 Å². The largest absolute Gasteiger partial charge is 0.356 e. The fraction of sp³-hybridized carbons (Fsp3) is 0.435. The van der Waals surface area contributed by atoms with Gasteiger partial charge in [-0.3, -0.25) is 9.59 Å². The normalized spacial score (nSPS) is 21.4. The molecule has 2 saturated heterocycles. The second kappa shape index (κ2) is 7.90. The van der Waals surface area contributed by atoms with Gasteiger partial charge in [-0.25, -0.2) is 13.8 Å². The number of pyridine rings is 1. The van der Waals surface area contributed by atoms with Gasteiger partial charge in [0.2, 0.25) is 5.91 Å². The molecule has 2 aliphatic heterocycles. The molecule has 0 spiro atoms. The third-order valence-corrected chi connectivity index (χ3v) is 6.44. The molecule has 1 unspecified atom stereocenters. The minimum absolute atomic E-state index is 0.243. The summed E-state index contributed by atoms with van der Waals surface area (Å²) in [4.78, 5) is 32.8. The Balaban J connectivity index is 1.26. The lowest BCUT2D eigenvalue weighted by Crippen LogP contribution is -2.49. The van der Waals surface area contributed by atoms with Gasteiger partial charge in [-0.2, -0.15) is 0 Å². The first-order valence-electron chi connectivity index (χ1n) is 10.8.